The second kappa shape index (κ2) is 13.4. The topological polar surface area (TPSA) is 154 Å². The molecule has 2 saturated carbocycles. The summed E-state index contributed by atoms with van der Waals surface area (Å²) >= 11 is 0. The zero-order valence-electron chi connectivity index (χ0n) is 25.6. The molecule has 11 nitrogen and oxygen atoms in total. The Morgan fingerprint density at radius 2 is 1.61 bits per heavy atom. The monoisotopic (exact) mass is 627 g/mol. The van der Waals surface area contributed by atoms with E-state index < -0.39 is 71.1 Å². The molecule has 0 aromatic heterocycles. The summed E-state index contributed by atoms with van der Waals surface area (Å²) in [6.45, 7) is 5.62. The molecule has 2 aliphatic heterocycles. The van der Waals surface area contributed by atoms with E-state index in [4.69, 9.17) is 0 Å². The molecular weight excluding hydrogens is 583 g/mol. The predicted octanol–water partition coefficient (Wildman–Crippen LogP) is 1.74. The number of likely N-dealkylation sites (tertiary alicyclic amines) is 1. The summed E-state index contributed by atoms with van der Waals surface area (Å²) in [5.41, 5.74) is -0.743. The van der Waals surface area contributed by atoms with Crippen LogP contribution in [0.5, 0.6) is 0 Å². The van der Waals surface area contributed by atoms with Gasteiger partial charge in [-0.15, -0.1) is 0 Å². The molecule has 2 heterocycles. The molecule has 4 aliphatic rings. The first kappa shape index (κ1) is 33.7. The number of nitrogens with zero attached hydrogens (tertiary/aromatic N) is 1. The number of amides is 5. The van der Waals surface area contributed by atoms with Crippen molar-refractivity contribution in [2.45, 2.75) is 115 Å². The number of carbonyl (C=O) groups is 6. The predicted molar refractivity (Wildman–Crippen MR) is 151 cm³/mol. The van der Waals surface area contributed by atoms with E-state index in [0.717, 1.165) is 19.3 Å². The molecule has 2 aliphatic carbocycles. The molecule has 0 bridgehead atoms. The third kappa shape index (κ3) is 7.90. The summed E-state index contributed by atoms with van der Waals surface area (Å²) < 4.78 is 39.9. The molecule has 246 valence electrons. The average Bonchev–Trinajstić information content (AvgIpc) is 3.65. The normalized spacial score (nSPS) is 27.2. The van der Waals surface area contributed by atoms with Gasteiger partial charge < -0.3 is 26.2 Å². The van der Waals surface area contributed by atoms with E-state index in [1.807, 2.05) is 5.32 Å². The second-order valence-corrected chi connectivity index (χ2v) is 13.8. The van der Waals surface area contributed by atoms with Gasteiger partial charge in [0.15, 0.2) is 0 Å². The number of hydrogen-bond acceptors (Lipinski definition) is 6. The molecule has 6 atom stereocenters. The van der Waals surface area contributed by atoms with E-state index in [2.05, 4.69) is 16.0 Å². The number of ketones is 1. The summed E-state index contributed by atoms with van der Waals surface area (Å²) in [5.74, 6) is -7.27. The van der Waals surface area contributed by atoms with Crippen LogP contribution in [0, 0.1) is 23.7 Å². The molecular formula is C30H44F3N5O6. The van der Waals surface area contributed by atoms with Crippen LogP contribution in [-0.4, -0.2) is 83.1 Å². The van der Waals surface area contributed by atoms with Crippen molar-refractivity contribution in [1.82, 2.24) is 26.2 Å². The van der Waals surface area contributed by atoms with E-state index in [-0.39, 0.29) is 30.7 Å². The minimum Gasteiger partial charge on any atom is -0.356 e. The summed E-state index contributed by atoms with van der Waals surface area (Å²) in [4.78, 5) is 79.9. The van der Waals surface area contributed by atoms with Gasteiger partial charge in [-0.2, -0.15) is 13.2 Å². The lowest BCUT2D eigenvalue weighted by molar-refractivity contribution is -0.175. The van der Waals surface area contributed by atoms with E-state index in [1.54, 1.807) is 20.8 Å². The van der Waals surface area contributed by atoms with Crippen LogP contribution in [-0.2, 0) is 28.8 Å². The quantitative estimate of drug-likeness (QED) is 0.286. The molecule has 4 fully saturated rings. The van der Waals surface area contributed by atoms with Crippen molar-refractivity contribution in [2.24, 2.45) is 23.7 Å². The lowest BCUT2D eigenvalue weighted by Gasteiger charge is -2.36. The number of Topliss-reactive ketones (excluding diaryl/α,β-unsaturated/α-hetero) is 1. The van der Waals surface area contributed by atoms with Gasteiger partial charge >= 0.3 is 12.1 Å². The summed E-state index contributed by atoms with van der Waals surface area (Å²) in [6, 6.07) is -3.90. The summed E-state index contributed by atoms with van der Waals surface area (Å²) in [7, 11) is 0. The van der Waals surface area contributed by atoms with Crippen LogP contribution in [0.4, 0.5) is 13.2 Å². The van der Waals surface area contributed by atoms with Crippen molar-refractivity contribution < 1.29 is 41.9 Å². The number of carbonyl (C=O) groups excluding carboxylic acids is 6. The van der Waals surface area contributed by atoms with Gasteiger partial charge in [0.25, 0.3) is 5.91 Å². The van der Waals surface area contributed by atoms with E-state index in [1.165, 1.54) is 4.90 Å². The van der Waals surface area contributed by atoms with Gasteiger partial charge in [-0.3, -0.25) is 28.8 Å². The minimum atomic E-state index is -5.18. The Bertz CT molecular complexity index is 1150. The fourth-order valence-corrected chi connectivity index (χ4v) is 7.32. The minimum absolute atomic E-state index is 0.0704. The highest BCUT2D eigenvalue weighted by Gasteiger charge is 2.53. The van der Waals surface area contributed by atoms with E-state index >= 15 is 0 Å². The average molecular weight is 628 g/mol. The molecule has 44 heavy (non-hydrogen) atoms. The summed E-state index contributed by atoms with van der Waals surface area (Å²) in [5, 5.41) is 9.87. The summed E-state index contributed by atoms with van der Waals surface area (Å²) in [6.07, 6.45) is 0.473. The molecule has 5 amide bonds. The maximum absolute atomic E-state index is 14.0. The van der Waals surface area contributed by atoms with Crippen LogP contribution in [0.3, 0.4) is 0 Å². The van der Waals surface area contributed by atoms with Crippen molar-refractivity contribution in [3.05, 3.63) is 0 Å². The van der Waals surface area contributed by atoms with Crippen molar-refractivity contribution in [3.63, 3.8) is 0 Å². The van der Waals surface area contributed by atoms with Gasteiger partial charge in [-0.05, 0) is 77.0 Å². The lowest BCUT2D eigenvalue weighted by Crippen LogP contribution is -2.60. The third-order valence-electron chi connectivity index (χ3n) is 9.40. The van der Waals surface area contributed by atoms with E-state index in [9.17, 15) is 41.9 Å². The molecule has 4 rings (SSSR count). The Balaban J connectivity index is 1.60. The molecule has 2 saturated heterocycles. The van der Waals surface area contributed by atoms with Gasteiger partial charge in [0.2, 0.25) is 23.5 Å². The maximum atomic E-state index is 14.0. The van der Waals surface area contributed by atoms with Crippen LogP contribution in [0.25, 0.3) is 0 Å². The number of halogens is 3. The molecule has 0 aromatic carbocycles. The Morgan fingerprint density at radius 1 is 0.932 bits per heavy atom. The van der Waals surface area contributed by atoms with Gasteiger partial charge in [0.05, 0.1) is 6.04 Å². The van der Waals surface area contributed by atoms with Crippen molar-refractivity contribution in [1.29, 1.82) is 0 Å². The molecule has 0 aromatic rings. The molecule has 14 heteroatoms. The van der Waals surface area contributed by atoms with Gasteiger partial charge in [0.1, 0.15) is 12.1 Å². The van der Waals surface area contributed by atoms with Crippen LogP contribution >= 0.6 is 0 Å². The number of hydrogen-bond donors (Lipinski definition) is 4. The Kier molecular flexibility index (Phi) is 10.3. The highest BCUT2D eigenvalue weighted by molar-refractivity contribution is 6.38. The number of fused-ring (bicyclic) bond motifs is 1. The smallest absolute Gasteiger partial charge is 0.356 e. The first-order valence-electron chi connectivity index (χ1n) is 15.7. The molecule has 4 N–H and O–H groups in total. The number of alkyl halides is 3. The maximum Gasteiger partial charge on any atom is 0.471 e. The van der Waals surface area contributed by atoms with Gasteiger partial charge in [0, 0.05) is 24.5 Å². The van der Waals surface area contributed by atoms with Crippen LogP contribution in [0.1, 0.15) is 85.0 Å². The largest absolute Gasteiger partial charge is 0.471 e. The lowest BCUT2D eigenvalue weighted by atomic mass is 9.83. The zero-order valence-corrected chi connectivity index (χ0v) is 25.6. The van der Waals surface area contributed by atoms with E-state index in [0.29, 0.717) is 45.1 Å². The third-order valence-corrected chi connectivity index (χ3v) is 9.40. The van der Waals surface area contributed by atoms with Crippen LogP contribution in [0.2, 0.25) is 0 Å². The van der Waals surface area contributed by atoms with Gasteiger partial charge in [-0.1, -0.05) is 25.7 Å². The fourth-order valence-electron chi connectivity index (χ4n) is 7.32. The van der Waals surface area contributed by atoms with Crippen molar-refractivity contribution in [2.75, 3.05) is 13.1 Å². The fraction of sp³-hybridized carbons (Fsp3) is 0.800. The Morgan fingerprint density at radius 3 is 2.20 bits per heavy atom. The standard InChI is InChI=1S/C30H44F3N5O6/c1-29(2,3)37-26(42)23(39)20(14-17-12-13-34-24(17)40)35-25(41)22-19-11-7-10-18(19)15-38(22)27(43)21(16-8-5-4-6-9-16)36-28(44)30(31,32)33/h16-22H,4-15H2,1-3H3,(H,34,40)(H,35,41)(H,36,44)(H,37,42)/t17-,18-,19-,20-,21-,22-/m0/s1. The van der Waals surface area contributed by atoms with Crippen LogP contribution < -0.4 is 21.3 Å². The zero-order chi connectivity index (χ0) is 32.4. The molecule has 0 spiro atoms. The Hall–Kier alpha value is -3.19. The van der Waals surface area contributed by atoms with Crippen molar-refractivity contribution >= 4 is 35.3 Å². The number of rotatable bonds is 9. The first-order chi connectivity index (χ1) is 20.6. The molecule has 0 unspecified atom stereocenters. The molecule has 0 radical (unpaired) electrons. The Labute approximate surface area is 255 Å². The SMILES string of the molecule is CC(C)(C)NC(=O)C(=O)[C@H](C[C@@H]1CCNC1=O)NC(=O)[C@@H]1[C@H]2CCC[C@H]2CN1C(=O)[C@@H](NC(=O)C(F)(F)F)C1CCCCC1. The first-order valence-corrected chi connectivity index (χ1v) is 15.7. The van der Waals surface area contributed by atoms with Crippen LogP contribution in [0.15, 0.2) is 0 Å². The highest BCUT2D eigenvalue weighted by atomic mass is 19.4. The second-order valence-electron chi connectivity index (χ2n) is 13.8. The van der Waals surface area contributed by atoms with Gasteiger partial charge in [-0.25, -0.2) is 0 Å². The highest BCUT2D eigenvalue weighted by Crippen LogP contribution is 2.43. The number of nitrogens with one attached hydrogen (secondary N) is 4. The van der Waals surface area contributed by atoms with Crippen molar-refractivity contribution in [3.8, 4) is 0 Å².